The predicted molar refractivity (Wildman–Crippen MR) is 73.3 cm³/mol. The second-order valence-corrected chi connectivity index (χ2v) is 4.58. The topological polar surface area (TPSA) is 46.6 Å². The van der Waals surface area contributed by atoms with Gasteiger partial charge in [0.25, 0.3) is 0 Å². The van der Waals surface area contributed by atoms with Crippen molar-refractivity contribution in [3.8, 4) is 0 Å². The van der Waals surface area contributed by atoms with Crippen LogP contribution in [0.25, 0.3) is 0 Å². The maximum Gasteiger partial charge on any atom is 0.326 e. The van der Waals surface area contributed by atoms with Crippen molar-refractivity contribution in [3.63, 3.8) is 0 Å². The summed E-state index contributed by atoms with van der Waals surface area (Å²) in [5.41, 5.74) is 0.537. The number of ether oxygens (including phenoxy) is 1. The highest BCUT2D eigenvalue weighted by Gasteiger charge is 2.17. The number of hydrogen-bond donors (Lipinski definition) is 0. The van der Waals surface area contributed by atoms with E-state index in [0.717, 1.165) is 4.90 Å². The van der Waals surface area contributed by atoms with Crippen LogP contribution in [0, 0.1) is 0 Å². The minimum atomic E-state index is -0.462. The Balaban J connectivity index is 3.01. The van der Waals surface area contributed by atoms with Gasteiger partial charge in [0.05, 0.1) is 17.3 Å². The van der Waals surface area contributed by atoms with Crippen molar-refractivity contribution in [2.75, 3.05) is 24.3 Å². The lowest BCUT2D eigenvalue weighted by molar-refractivity contribution is -0.141. The largest absolute Gasteiger partial charge is 0.465 e. The average Bonchev–Trinajstić information content (AvgIpc) is 2.36. The second-order valence-electron chi connectivity index (χ2n) is 3.33. The number of thioether (sulfide) groups is 1. The van der Waals surface area contributed by atoms with Gasteiger partial charge in [-0.1, -0.05) is 17.7 Å². The van der Waals surface area contributed by atoms with Gasteiger partial charge in [-0.25, -0.2) is 0 Å². The number of carbonyl (C=O) groups is 2. The highest BCUT2D eigenvalue weighted by molar-refractivity contribution is 7.98. The van der Waals surface area contributed by atoms with Crippen molar-refractivity contribution < 1.29 is 14.3 Å². The third-order valence-electron chi connectivity index (χ3n) is 2.19. The molecule has 18 heavy (non-hydrogen) atoms. The minimum Gasteiger partial charge on any atom is -0.465 e. The average molecular weight is 288 g/mol. The predicted octanol–water partition coefficient (Wildman–Crippen LogP) is 2.59. The van der Waals surface area contributed by atoms with Gasteiger partial charge in [-0.15, -0.1) is 11.8 Å². The summed E-state index contributed by atoms with van der Waals surface area (Å²) in [5, 5.41) is 0.429. The molecule has 0 fully saturated rings. The van der Waals surface area contributed by atoms with Crippen molar-refractivity contribution >= 4 is 41.4 Å². The van der Waals surface area contributed by atoms with E-state index in [1.165, 1.54) is 16.7 Å². The summed E-state index contributed by atoms with van der Waals surface area (Å²) in [7, 11) is 0. The first-order chi connectivity index (χ1) is 8.63. The van der Waals surface area contributed by atoms with Crippen molar-refractivity contribution in [3.05, 3.63) is 23.2 Å². The Morgan fingerprint density at radius 2 is 2.28 bits per heavy atom. The van der Waals surface area contributed by atoms with E-state index in [-0.39, 0.29) is 13.2 Å². The van der Waals surface area contributed by atoms with Gasteiger partial charge in [-0.05, 0) is 25.3 Å². The highest BCUT2D eigenvalue weighted by Crippen LogP contribution is 2.34. The fourth-order valence-corrected chi connectivity index (χ4v) is 2.43. The highest BCUT2D eigenvalue weighted by atomic mass is 35.5. The Labute approximate surface area is 115 Å². The zero-order chi connectivity index (χ0) is 13.5. The second kappa shape index (κ2) is 7.28. The molecule has 0 aliphatic heterocycles. The molecule has 4 nitrogen and oxygen atoms in total. The molecule has 1 rings (SSSR count). The van der Waals surface area contributed by atoms with Gasteiger partial charge in [0.15, 0.2) is 0 Å². The zero-order valence-corrected chi connectivity index (χ0v) is 11.8. The smallest absolute Gasteiger partial charge is 0.326 e. The van der Waals surface area contributed by atoms with Gasteiger partial charge in [0.2, 0.25) is 6.41 Å². The molecule has 0 heterocycles. The number of nitrogens with zero attached hydrogens (tertiary/aromatic N) is 1. The molecule has 0 aliphatic rings. The zero-order valence-electron chi connectivity index (χ0n) is 10.2. The SMILES string of the molecule is CCOC(=O)CN(C=O)c1c(Cl)cccc1SC. The summed E-state index contributed by atoms with van der Waals surface area (Å²) in [5.74, 6) is -0.462. The first kappa shape index (κ1) is 14.9. The van der Waals surface area contributed by atoms with E-state index in [0.29, 0.717) is 17.1 Å². The van der Waals surface area contributed by atoms with Crippen LogP contribution in [0.1, 0.15) is 6.92 Å². The number of carbonyl (C=O) groups excluding carboxylic acids is 2. The van der Waals surface area contributed by atoms with E-state index in [1.54, 1.807) is 19.1 Å². The standard InChI is InChI=1S/C12H14ClNO3S/c1-3-17-11(16)7-14(8-15)12-9(13)5-4-6-10(12)18-2/h4-6,8H,3,7H2,1-2H3. The number of rotatable bonds is 6. The molecule has 0 saturated heterocycles. The third kappa shape index (κ3) is 3.65. The van der Waals surface area contributed by atoms with Gasteiger partial charge >= 0.3 is 5.97 Å². The number of amides is 1. The Morgan fingerprint density at radius 1 is 1.56 bits per heavy atom. The molecule has 0 bridgehead atoms. The summed E-state index contributed by atoms with van der Waals surface area (Å²) in [6.07, 6.45) is 2.46. The number of esters is 1. The van der Waals surface area contributed by atoms with Crippen LogP contribution in [0.2, 0.25) is 5.02 Å². The number of hydrogen-bond acceptors (Lipinski definition) is 4. The number of anilines is 1. The van der Waals surface area contributed by atoms with Crippen LogP contribution in [0.4, 0.5) is 5.69 Å². The van der Waals surface area contributed by atoms with E-state index >= 15 is 0 Å². The maximum absolute atomic E-state index is 11.4. The molecule has 0 saturated carbocycles. The van der Waals surface area contributed by atoms with Crippen LogP contribution in [0.3, 0.4) is 0 Å². The Kier molecular flexibility index (Phi) is 6.01. The van der Waals surface area contributed by atoms with Crippen LogP contribution >= 0.6 is 23.4 Å². The molecule has 6 heteroatoms. The molecule has 1 amide bonds. The van der Waals surface area contributed by atoms with Crippen molar-refractivity contribution in [2.24, 2.45) is 0 Å². The summed E-state index contributed by atoms with van der Waals surface area (Å²) in [6.45, 7) is 1.85. The van der Waals surface area contributed by atoms with Crippen molar-refractivity contribution in [1.82, 2.24) is 0 Å². The van der Waals surface area contributed by atoms with Crippen LogP contribution < -0.4 is 4.90 Å². The van der Waals surface area contributed by atoms with Crippen molar-refractivity contribution in [2.45, 2.75) is 11.8 Å². The van der Waals surface area contributed by atoms with Gasteiger partial charge < -0.3 is 9.64 Å². The fraction of sp³-hybridized carbons (Fsp3) is 0.333. The molecular weight excluding hydrogens is 274 g/mol. The van der Waals surface area contributed by atoms with Gasteiger partial charge in [0.1, 0.15) is 6.54 Å². The van der Waals surface area contributed by atoms with Gasteiger partial charge in [-0.2, -0.15) is 0 Å². The van der Waals surface area contributed by atoms with Gasteiger partial charge in [-0.3, -0.25) is 9.59 Å². The van der Waals surface area contributed by atoms with Crippen LogP contribution in [-0.4, -0.2) is 31.8 Å². The monoisotopic (exact) mass is 287 g/mol. The van der Waals surface area contributed by atoms with Crippen LogP contribution in [0.5, 0.6) is 0 Å². The summed E-state index contributed by atoms with van der Waals surface area (Å²) < 4.78 is 4.82. The fourth-order valence-electron chi connectivity index (χ4n) is 1.45. The van der Waals surface area contributed by atoms with E-state index in [1.807, 2.05) is 12.3 Å². The molecule has 1 aromatic carbocycles. The molecule has 0 spiro atoms. The van der Waals surface area contributed by atoms with Crippen LogP contribution in [-0.2, 0) is 14.3 Å². The molecular formula is C12H14ClNO3S. The van der Waals surface area contributed by atoms with E-state index in [9.17, 15) is 9.59 Å². The third-order valence-corrected chi connectivity index (χ3v) is 3.26. The first-order valence-corrected chi connectivity index (χ1v) is 6.94. The Bertz CT molecular complexity index is 439. The molecule has 98 valence electrons. The summed E-state index contributed by atoms with van der Waals surface area (Å²) in [4.78, 5) is 24.6. The van der Waals surface area contributed by atoms with Crippen LogP contribution in [0.15, 0.2) is 23.1 Å². The van der Waals surface area contributed by atoms with E-state index in [4.69, 9.17) is 16.3 Å². The quantitative estimate of drug-likeness (QED) is 0.458. The number of para-hydroxylation sites is 1. The van der Waals surface area contributed by atoms with E-state index in [2.05, 4.69) is 0 Å². The molecule has 0 N–H and O–H groups in total. The minimum absolute atomic E-state index is 0.144. The Morgan fingerprint density at radius 3 is 2.83 bits per heavy atom. The molecule has 0 radical (unpaired) electrons. The number of benzene rings is 1. The molecule has 0 aliphatic carbocycles. The summed E-state index contributed by atoms with van der Waals surface area (Å²) in [6, 6.07) is 5.32. The molecule has 1 aromatic rings. The van der Waals surface area contributed by atoms with Crippen molar-refractivity contribution in [1.29, 1.82) is 0 Å². The lowest BCUT2D eigenvalue weighted by atomic mass is 10.3. The maximum atomic E-state index is 11.4. The lowest BCUT2D eigenvalue weighted by Gasteiger charge is -2.20. The van der Waals surface area contributed by atoms with Gasteiger partial charge in [0, 0.05) is 4.90 Å². The molecule has 0 aromatic heterocycles. The number of halogens is 1. The first-order valence-electron chi connectivity index (χ1n) is 5.34. The lowest BCUT2D eigenvalue weighted by Crippen LogP contribution is -2.30. The Hall–Kier alpha value is -1.20. The molecule has 0 unspecified atom stereocenters. The normalized spacial score (nSPS) is 9.94. The molecule has 0 atom stereocenters. The summed E-state index contributed by atoms with van der Waals surface area (Å²) >= 11 is 7.53. The van der Waals surface area contributed by atoms with E-state index < -0.39 is 5.97 Å².